The molecule has 0 aliphatic carbocycles. The van der Waals surface area contributed by atoms with Crippen LogP contribution in [0.25, 0.3) is 0 Å². The fraction of sp³-hybridized carbons (Fsp3) is 0.296. The van der Waals surface area contributed by atoms with Crippen molar-refractivity contribution >= 4 is 34.1 Å². The van der Waals surface area contributed by atoms with Crippen LogP contribution in [0.15, 0.2) is 87.2 Å². The van der Waals surface area contributed by atoms with Gasteiger partial charge in [-0.1, -0.05) is 70.4 Å². The summed E-state index contributed by atoms with van der Waals surface area (Å²) < 4.78 is 0. The summed E-state index contributed by atoms with van der Waals surface area (Å²) in [7, 11) is 0. The largest absolute Gasteiger partial charge is 0.296 e. The number of benzene rings is 3. The zero-order valence-electron chi connectivity index (χ0n) is 21.7. The van der Waals surface area contributed by atoms with Crippen molar-refractivity contribution in [1.82, 2.24) is 0 Å². The van der Waals surface area contributed by atoms with E-state index in [0.717, 1.165) is 22.9 Å². The first-order valence-electron chi connectivity index (χ1n) is 11.8. The van der Waals surface area contributed by atoms with Crippen molar-refractivity contribution in [3.63, 3.8) is 0 Å². The summed E-state index contributed by atoms with van der Waals surface area (Å²) in [4.78, 5) is 21.2. The van der Waals surface area contributed by atoms with E-state index in [1.807, 2.05) is 43.3 Å². The van der Waals surface area contributed by atoms with E-state index < -0.39 is 4.92 Å². The van der Waals surface area contributed by atoms with Crippen LogP contribution in [0.3, 0.4) is 0 Å². The third-order valence-electron chi connectivity index (χ3n) is 4.23. The van der Waals surface area contributed by atoms with Crippen molar-refractivity contribution in [2.75, 3.05) is 5.43 Å². The van der Waals surface area contributed by atoms with Crippen LogP contribution in [0.2, 0.25) is 0 Å². The number of azo groups is 1. The van der Waals surface area contributed by atoms with E-state index >= 15 is 0 Å². The smallest absolute Gasteiger partial charge is 0.271 e. The third kappa shape index (κ3) is 10.3. The molecule has 36 heavy (non-hydrogen) atoms. The molecule has 1 N–H and O–H groups in total. The van der Waals surface area contributed by atoms with Crippen LogP contribution >= 0.6 is 0 Å². The van der Waals surface area contributed by atoms with Crippen LogP contribution in [0, 0.1) is 21.9 Å². The second kappa shape index (κ2) is 16.4. The summed E-state index contributed by atoms with van der Waals surface area (Å²) >= 11 is 0. The minimum absolute atomic E-state index is 0.0247. The number of hydrogen-bond donors (Lipinski definition) is 1. The Morgan fingerprint density at radius 2 is 1.31 bits per heavy atom. The quantitative estimate of drug-likeness (QED) is 0.116. The average molecular weight is 491 g/mol. The van der Waals surface area contributed by atoms with Crippen molar-refractivity contribution in [3.8, 4) is 0 Å². The number of nitro groups is 1. The second-order valence-electron chi connectivity index (χ2n) is 7.86. The van der Waals surface area contributed by atoms with E-state index in [4.69, 9.17) is 0 Å². The number of hydrazone groups is 1. The van der Waals surface area contributed by atoms with Crippen LogP contribution in [0.5, 0.6) is 0 Å². The summed E-state index contributed by atoms with van der Waals surface area (Å²) in [5.74, 6) is 0. The van der Waals surface area contributed by atoms with Crippen LogP contribution < -0.4 is 5.43 Å². The molecule has 0 saturated carbocycles. The molecule has 0 aliphatic rings. The molecule has 0 bridgehead atoms. The van der Waals surface area contributed by atoms with Gasteiger partial charge < -0.3 is 0 Å². The number of nitrogens with zero attached hydrogens (tertiary/aromatic N) is 5. The van der Waals surface area contributed by atoms with Crippen LogP contribution in [0.4, 0.5) is 28.4 Å². The molecule has 0 atom stereocenters. The van der Waals surface area contributed by atoms with Crippen molar-refractivity contribution in [2.24, 2.45) is 20.5 Å². The fourth-order valence-electron chi connectivity index (χ4n) is 2.53. The minimum Gasteiger partial charge on any atom is -0.271 e. The van der Waals surface area contributed by atoms with Gasteiger partial charge in [0.1, 0.15) is 11.4 Å². The van der Waals surface area contributed by atoms with Crippen LogP contribution in [-0.4, -0.2) is 10.6 Å². The molecule has 190 valence electrons. The summed E-state index contributed by atoms with van der Waals surface area (Å²) in [5, 5.41) is 26.5. The molecule has 9 heteroatoms. The molecule has 0 spiro atoms. The normalized spacial score (nSPS) is 10.6. The summed E-state index contributed by atoms with van der Waals surface area (Å²) in [6, 6.07) is 18.9. The van der Waals surface area contributed by atoms with Gasteiger partial charge in [-0.05, 0) is 61.0 Å². The highest BCUT2D eigenvalue weighted by Gasteiger charge is 2.15. The highest BCUT2D eigenvalue weighted by atomic mass is 16.6. The standard InChI is InChI=1S/C21H18N6O3.2C3H8/c1-14-3-7-17(8-4-14)23-24-18-9-5-16(6-10-18)15(2)22-25-20-12-11-19(26-28)13-21(20)27(29)30;2*1-3-2/h3-13,25H,1-2H3;2*3H2,1-2H3/b22-15+,24-23?;;. The number of rotatable bonds is 7. The SMILES string of the molecule is C/C(=N\Nc1ccc(N=O)cc1[N+](=O)[O-])c1ccc(N=Nc2ccc(C)cc2)cc1.CCC.CCC. The summed E-state index contributed by atoms with van der Waals surface area (Å²) in [6.45, 7) is 12.3. The molecule has 0 fully saturated rings. The molecule has 0 heterocycles. The lowest BCUT2D eigenvalue weighted by molar-refractivity contribution is -0.383. The van der Waals surface area contributed by atoms with Crippen molar-refractivity contribution in [1.29, 1.82) is 0 Å². The molecule has 0 radical (unpaired) electrons. The molecular weight excluding hydrogens is 456 g/mol. The molecule has 9 nitrogen and oxygen atoms in total. The van der Waals surface area contributed by atoms with Gasteiger partial charge in [-0.15, -0.1) is 4.91 Å². The van der Waals surface area contributed by atoms with E-state index in [9.17, 15) is 15.0 Å². The Balaban J connectivity index is 0.000000982. The number of nitro benzene ring substituents is 1. The highest BCUT2D eigenvalue weighted by molar-refractivity contribution is 5.99. The predicted octanol–water partition coefficient (Wildman–Crippen LogP) is 9.39. The van der Waals surface area contributed by atoms with Gasteiger partial charge in [0.05, 0.1) is 22.0 Å². The lowest BCUT2D eigenvalue weighted by Crippen LogP contribution is -2.01. The summed E-state index contributed by atoms with van der Waals surface area (Å²) in [5.41, 5.74) is 6.56. The zero-order valence-corrected chi connectivity index (χ0v) is 21.7. The molecule has 0 amide bonds. The van der Waals surface area contributed by atoms with Crippen molar-refractivity contribution < 1.29 is 4.92 Å². The van der Waals surface area contributed by atoms with Gasteiger partial charge in [0, 0.05) is 6.07 Å². The van der Waals surface area contributed by atoms with Gasteiger partial charge in [-0.2, -0.15) is 15.3 Å². The highest BCUT2D eigenvalue weighted by Crippen LogP contribution is 2.29. The van der Waals surface area contributed by atoms with E-state index in [1.54, 1.807) is 19.1 Å². The maximum absolute atomic E-state index is 11.2. The average Bonchev–Trinajstić information content (AvgIpc) is 2.88. The minimum atomic E-state index is -0.601. The number of anilines is 1. The molecule has 0 aliphatic heterocycles. The van der Waals surface area contributed by atoms with Crippen LogP contribution in [-0.2, 0) is 0 Å². The summed E-state index contributed by atoms with van der Waals surface area (Å²) in [6.07, 6.45) is 2.50. The maximum atomic E-state index is 11.2. The molecule has 3 rings (SSSR count). The monoisotopic (exact) mass is 490 g/mol. The zero-order chi connectivity index (χ0) is 26.9. The topological polar surface area (TPSA) is 122 Å². The van der Waals surface area contributed by atoms with Gasteiger partial charge in [-0.3, -0.25) is 15.5 Å². The number of nitroso groups, excluding NO2 is 1. The van der Waals surface area contributed by atoms with Gasteiger partial charge in [0.2, 0.25) is 0 Å². The first-order chi connectivity index (χ1) is 17.3. The number of aryl methyl sites for hydroxylation is 1. The van der Waals surface area contributed by atoms with E-state index in [2.05, 4.69) is 53.6 Å². The maximum Gasteiger partial charge on any atom is 0.296 e. The molecule has 0 aromatic heterocycles. The first-order valence-corrected chi connectivity index (χ1v) is 11.8. The Labute approximate surface area is 212 Å². The van der Waals surface area contributed by atoms with Gasteiger partial charge >= 0.3 is 0 Å². The Morgan fingerprint density at radius 3 is 1.78 bits per heavy atom. The predicted molar refractivity (Wildman–Crippen MR) is 148 cm³/mol. The second-order valence-corrected chi connectivity index (χ2v) is 7.86. The van der Waals surface area contributed by atoms with Gasteiger partial charge in [-0.25, -0.2) is 0 Å². The van der Waals surface area contributed by atoms with E-state index in [-0.39, 0.29) is 17.1 Å². The Hall–Kier alpha value is -4.27. The van der Waals surface area contributed by atoms with Gasteiger partial charge in [0.15, 0.2) is 0 Å². The Bertz CT molecular complexity index is 1160. The van der Waals surface area contributed by atoms with Gasteiger partial charge in [0.25, 0.3) is 5.69 Å². The lowest BCUT2D eigenvalue weighted by Gasteiger charge is -2.05. The fourth-order valence-corrected chi connectivity index (χ4v) is 2.53. The number of hydrogen-bond acceptors (Lipinski definition) is 8. The number of nitrogens with one attached hydrogen (secondary N) is 1. The molecule has 3 aromatic rings. The van der Waals surface area contributed by atoms with E-state index in [0.29, 0.717) is 11.4 Å². The first kappa shape index (κ1) is 29.8. The van der Waals surface area contributed by atoms with Crippen molar-refractivity contribution in [3.05, 3.63) is 92.9 Å². The molecule has 0 saturated heterocycles. The molecule has 0 unspecified atom stereocenters. The van der Waals surface area contributed by atoms with Crippen molar-refractivity contribution in [2.45, 2.75) is 54.4 Å². The lowest BCUT2D eigenvalue weighted by atomic mass is 10.1. The third-order valence-corrected chi connectivity index (χ3v) is 4.23. The van der Waals surface area contributed by atoms with E-state index in [1.165, 1.54) is 25.0 Å². The Morgan fingerprint density at radius 1 is 0.833 bits per heavy atom. The van der Waals surface area contributed by atoms with Crippen LogP contribution in [0.1, 0.15) is 58.6 Å². The Kier molecular flexibility index (Phi) is 13.5. The molecular formula is C27H34N6O3. The molecule has 3 aromatic carbocycles.